The fourth-order valence-electron chi connectivity index (χ4n) is 3.31. The number of halogens is 3. The molecule has 0 radical (unpaired) electrons. The maximum atomic E-state index is 15.3. The second kappa shape index (κ2) is 9.70. The van der Waals surface area contributed by atoms with Crippen LogP contribution in [0.15, 0.2) is 70.0 Å². The van der Waals surface area contributed by atoms with E-state index in [4.69, 9.17) is 38.1 Å². The lowest BCUT2D eigenvalue weighted by Crippen LogP contribution is -2.14. The highest BCUT2D eigenvalue weighted by atomic mass is 35.5. The van der Waals surface area contributed by atoms with E-state index in [9.17, 15) is 0 Å². The maximum Gasteiger partial charge on any atom is 0.251 e. The molecule has 1 aliphatic heterocycles. The Morgan fingerprint density at radius 1 is 1.24 bits per heavy atom. The Balaban J connectivity index is 1.64. The number of anilines is 1. The first-order chi connectivity index (χ1) is 16.2. The Morgan fingerprint density at radius 3 is 2.74 bits per heavy atom. The quantitative estimate of drug-likeness (QED) is 0.402. The summed E-state index contributed by atoms with van der Waals surface area (Å²) in [7, 11) is 1.85. The minimum atomic E-state index is -0.661. The molecule has 1 aromatic heterocycles. The highest BCUT2D eigenvalue weighted by Gasteiger charge is 2.22. The van der Waals surface area contributed by atoms with Gasteiger partial charge in [0.2, 0.25) is 5.89 Å². The molecule has 0 fully saturated rings. The first kappa shape index (κ1) is 23.5. The first-order valence-corrected chi connectivity index (χ1v) is 10.9. The van der Waals surface area contributed by atoms with Gasteiger partial charge in [-0.25, -0.2) is 9.38 Å². The van der Waals surface area contributed by atoms with Gasteiger partial charge in [0.05, 0.1) is 17.0 Å². The summed E-state index contributed by atoms with van der Waals surface area (Å²) in [5.74, 6) is 0.483. The predicted octanol–water partition coefficient (Wildman–Crippen LogP) is 6.26. The van der Waals surface area contributed by atoms with Crippen LogP contribution >= 0.6 is 23.2 Å². The van der Waals surface area contributed by atoms with E-state index in [0.717, 1.165) is 0 Å². The third-order valence-electron chi connectivity index (χ3n) is 4.84. The van der Waals surface area contributed by atoms with Crippen LogP contribution in [0.1, 0.15) is 24.3 Å². The summed E-state index contributed by atoms with van der Waals surface area (Å²) in [5, 5.41) is 8.66. The van der Waals surface area contributed by atoms with Crippen molar-refractivity contribution in [3.05, 3.63) is 93.8 Å². The van der Waals surface area contributed by atoms with Crippen molar-refractivity contribution in [1.82, 2.24) is 15.1 Å². The number of nitrogen functional groups attached to an aromatic ring is 1. The van der Waals surface area contributed by atoms with Crippen LogP contribution < -0.4 is 10.5 Å². The fraction of sp³-hybridized carbons (Fsp3) is 0.125. The van der Waals surface area contributed by atoms with Gasteiger partial charge in [0.25, 0.3) is 5.89 Å². The molecule has 2 N–H and O–H groups in total. The number of benzene rings is 2. The summed E-state index contributed by atoms with van der Waals surface area (Å²) in [6.07, 6.45) is 5.33. The van der Waals surface area contributed by atoms with Crippen molar-refractivity contribution in [2.45, 2.75) is 13.3 Å². The molecule has 4 rings (SSSR count). The van der Waals surface area contributed by atoms with E-state index in [1.54, 1.807) is 18.4 Å². The van der Waals surface area contributed by atoms with Gasteiger partial charge in [-0.15, -0.1) is 10.2 Å². The molecule has 2 heterocycles. The Kier molecular flexibility index (Phi) is 6.72. The van der Waals surface area contributed by atoms with Gasteiger partial charge in [0, 0.05) is 41.8 Å². The largest absolute Gasteiger partial charge is 0.453 e. The molecule has 0 amide bonds. The molecular formula is C24H20Cl2FN5O2. The van der Waals surface area contributed by atoms with Crippen molar-refractivity contribution < 1.29 is 13.5 Å². The SMILES string of the molecule is C=C(C)/C(=C1/N=CC=CN1C)c1nnc(Cc2ccc(Cl)c(Oc3cc(N)cc(Cl)c3)c2F)o1. The Bertz CT molecular complexity index is 1340. The molecule has 0 unspecified atom stereocenters. The zero-order valence-electron chi connectivity index (χ0n) is 18.3. The number of hydrogen-bond acceptors (Lipinski definition) is 7. The number of aliphatic imine (C=N–C) groups is 1. The van der Waals surface area contributed by atoms with Crippen molar-refractivity contribution in [3.8, 4) is 11.5 Å². The van der Waals surface area contributed by atoms with Gasteiger partial charge in [-0.3, -0.25) is 0 Å². The summed E-state index contributed by atoms with van der Waals surface area (Å²) in [6.45, 7) is 5.82. The third kappa shape index (κ3) is 4.98. The smallest absolute Gasteiger partial charge is 0.251 e. The number of aromatic nitrogens is 2. The minimum Gasteiger partial charge on any atom is -0.453 e. The number of hydrogen-bond donors (Lipinski definition) is 1. The van der Waals surface area contributed by atoms with E-state index < -0.39 is 5.82 Å². The molecule has 34 heavy (non-hydrogen) atoms. The molecule has 174 valence electrons. The van der Waals surface area contributed by atoms with Crippen LogP contribution in [-0.4, -0.2) is 28.4 Å². The lowest BCUT2D eigenvalue weighted by molar-refractivity contribution is 0.436. The number of nitrogens with two attached hydrogens (primary N) is 1. The minimum absolute atomic E-state index is 0.0157. The zero-order chi connectivity index (χ0) is 24.4. The van der Waals surface area contributed by atoms with Gasteiger partial charge in [0.15, 0.2) is 11.6 Å². The molecule has 3 aromatic rings. The molecule has 7 nitrogen and oxygen atoms in total. The summed E-state index contributed by atoms with van der Waals surface area (Å²) in [5.41, 5.74) is 7.71. The molecule has 0 aliphatic carbocycles. The van der Waals surface area contributed by atoms with Gasteiger partial charge < -0.3 is 19.8 Å². The molecule has 0 saturated carbocycles. The van der Waals surface area contributed by atoms with E-state index in [2.05, 4.69) is 21.8 Å². The zero-order valence-corrected chi connectivity index (χ0v) is 19.9. The van der Waals surface area contributed by atoms with Gasteiger partial charge in [-0.1, -0.05) is 35.8 Å². The van der Waals surface area contributed by atoms with Crippen molar-refractivity contribution in [1.29, 1.82) is 0 Å². The first-order valence-electron chi connectivity index (χ1n) is 10.1. The molecule has 2 aromatic carbocycles. The second-order valence-electron chi connectivity index (χ2n) is 7.56. The average molecular weight is 500 g/mol. The topological polar surface area (TPSA) is 89.8 Å². The van der Waals surface area contributed by atoms with E-state index >= 15 is 4.39 Å². The molecular weight excluding hydrogens is 480 g/mol. The highest BCUT2D eigenvalue weighted by Crippen LogP contribution is 2.36. The molecule has 1 aliphatic rings. The summed E-state index contributed by atoms with van der Waals surface area (Å²) < 4.78 is 26.8. The van der Waals surface area contributed by atoms with E-state index in [0.29, 0.717) is 27.7 Å². The highest BCUT2D eigenvalue weighted by molar-refractivity contribution is 6.32. The monoisotopic (exact) mass is 499 g/mol. The van der Waals surface area contributed by atoms with Gasteiger partial charge in [0.1, 0.15) is 11.6 Å². The van der Waals surface area contributed by atoms with Crippen LogP contribution in [0, 0.1) is 5.82 Å². The van der Waals surface area contributed by atoms with E-state index in [1.807, 2.05) is 25.1 Å². The molecule has 0 bridgehead atoms. The van der Waals surface area contributed by atoms with E-state index in [-0.39, 0.29) is 40.3 Å². The maximum absolute atomic E-state index is 15.3. The third-order valence-corrected chi connectivity index (χ3v) is 5.36. The molecule has 10 heteroatoms. The predicted molar refractivity (Wildman–Crippen MR) is 132 cm³/mol. The summed E-state index contributed by atoms with van der Waals surface area (Å²) in [6, 6.07) is 7.64. The van der Waals surface area contributed by atoms with Crippen LogP contribution in [0.25, 0.3) is 5.57 Å². The number of ether oxygens (including phenoxy) is 1. The molecule has 0 atom stereocenters. The number of allylic oxidation sites excluding steroid dienone is 3. The fourth-order valence-corrected chi connectivity index (χ4v) is 3.72. The number of rotatable bonds is 6. The number of nitrogens with zero attached hydrogens (tertiary/aromatic N) is 4. The Morgan fingerprint density at radius 2 is 2.03 bits per heavy atom. The lowest BCUT2D eigenvalue weighted by Gasteiger charge is -2.19. The van der Waals surface area contributed by atoms with Gasteiger partial charge in [-0.2, -0.15) is 0 Å². The molecule has 0 saturated heterocycles. The van der Waals surface area contributed by atoms with Crippen molar-refractivity contribution in [3.63, 3.8) is 0 Å². The van der Waals surface area contributed by atoms with Gasteiger partial charge in [-0.05, 0) is 36.8 Å². The summed E-state index contributed by atoms with van der Waals surface area (Å²) >= 11 is 12.2. The molecule has 0 spiro atoms. The lowest BCUT2D eigenvalue weighted by atomic mass is 10.1. The van der Waals surface area contributed by atoms with Crippen LogP contribution in [0.4, 0.5) is 10.1 Å². The normalized spacial score (nSPS) is 14.4. The Labute approximate surface area is 205 Å². The van der Waals surface area contributed by atoms with Crippen LogP contribution in [0.2, 0.25) is 10.0 Å². The van der Waals surface area contributed by atoms with Crippen molar-refractivity contribution in [2.24, 2.45) is 4.99 Å². The average Bonchev–Trinajstić information content (AvgIpc) is 3.22. The van der Waals surface area contributed by atoms with Crippen LogP contribution in [0.5, 0.6) is 11.5 Å². The Hall–Kier alpha value is -3.62. The van der Waals surface area contributed by atoms with E-state index in [1.165, 1.54) is 24.3 Å². The second-order valence-corrected chi connectivity index (χ2v) is 8.40. The van der Waals surface area contributed by atoms with Gasteiger partial charge >= 0.3 is 0 Å². The van der Waals surface area contributed by atoms with Crippen LogP contribution in [0.3, 0.4) is 0 Å². The van der Waals surface area contributed by atoms with Crippen molar-refractivity contribution >= 4 is 40.7 Å². The van der Waals surface area contributed by atoms with Crippen molar-refractivity contribution in [2.75, 3.05) is 12.8 Å². The summed E-state index contributed by atoms with van der Waals surface area (Å²) in [4.78, 5) is 6.20. The van der Waals surface area contributed by atoms with Crippen LogP contribution in [-0.2, 0) is 6.42 Å². The standard InChI is InChI=1S/C24H20Cl2FN5O2/c1-13(2)20(23-29-7-4-8-32(23)3)24-31-30-19(34-24)9-14-5-6-18(26)22(21(14)27)33-17-11-15(25)10-16(28)12-17/h4-8,10-12H,1,9,28H2,2-3H3/b23-20+.